The number of nitro groups is 1. The largest absolute Gasteiger partial charge is 0.503 e. The topological polar surface area (TPSA) is 101 Å². The molecule has 1 atom stereocenters. The fraction of sp³-hybridized carbons (Fsp3) is 0.0400. The minimum absolute atomic E-state index is 0.0837. The van der Waals surface area contributed by atoms with Crippen molar-refractivity contribution in [1.82, 2.24) is 0 Å². The molecule has 8 heteroatoms. The molecule has 1 N–H and O–H groups in total. The normalized spacial score (nSPS) is 16.0. The summed E-state index contributed by atoms with van der Waals surface area (Å²) in [5.74, 6) is -1.88. The highest BCUT2D eigenvalue weighted by molar-refractivity contribution is 14.1. The number of nitro benzene ring substituents is 1. The molecule has 1 amide bonds. The van der Waals surface area contributed by atoms with Crippen molar-refractivity contribution in [1.29, 1.82) is 0 Å². The number of allylic oxidation sites excluding steroid dienone is 1. The predicted octanol–water partition coefficient (Wildman–Crippen LogP) is 5.38. The maximum absolute atomic E-state index is 13.2. The Kier molecular flexibility index (Phi) is 6.36. The van der Waals surface area contributed by atoms with Gasteiger partial charge in [0.2, 0.25) is 0 Å². The van der Waals surface area contributed by atoms with Gasteiger partial charge in [0.15, 0.2) is 11.5 Å². The third kappa shape index (κ3) is 4.56. The smallest absolute Gasteiger partial charge is 0.294 e. The Bertz CT molecular complexity index is 1280. The quantitative estimate of drug-likeness (QED) is 0.192. The van der Waals surface area contributed by atoms with Gasteiger partial charge >= 0.3 is 0 Å². The third-order valence-electron chi connectivity index (χ3n) is 5.22. The summed E-state index contributed by atoms with van der Waals surface area (Å²) >= 11 is 2.14. The van der Waals surface area contributed by atoms with E-state index in [1.807, 2.05) is 42.5 Å². The zero-order valence-corrected chi connectivity index (χ0v) is 19.2. The highest BCUT2D eigenvalue weighted by Gasteiger charge is 2.43. The summed E-state index contributed by atoms with van der Waals surface area (Å²) in [6, 6.07) is 20.9. The number of ketones is 1. The molecule has 3 aromatic rings. The second-order valence-corrected chi connectivity index (χ2v) is 8.52. The van der Waals surface area contributed by atoms with Crippen molar-refractivity contribution in [3.05, 3.63) is 121 Å². The van der Waals surface area contributed by atoms with E-state index in [-0.39, 0.29) is 11.3 Å². The molecular formula is C25H17IN2O5. The lowest BCUT2D eigenvalue weighted by atomic mass is 9.95. The molecule has 0 bridgehead atoms. The van der Waals surface area contributed by atoms with Crippen LogP contribution in [0, 0.1) is 13.7 Å². The van der Waals surface area contributed by atoms with Crippen molar-refractivity contribution < 1.29 is 19.6 Å². The number of rotatable bonds is 6. The molecule has 0 unspecified atom stereocenters. The van der Waals surface area contributed by atoms with Crippen LogP contribution in [0.1, 0.15) is 17.2 Å². The van der Waals surface area contributed by atoms with Gasteiger partial charge in [-0.3, -0.25) is 24.6 Å². The van der Waals surface area contributed by atoms with Gasteiger partial charge in [0, 0.05) is 21.4 Å². The highest BCUT2D eigenvalue weighted by Crippen LogP contribution is 2.41. The number of amides is 1. The van der Waals surface area contributed by atoms with Gasteiger partial charge in [0.05, 0.1) is 16.5 Å². The zero-order valence-electron chi connectivity index (χ0n) is 17.1. The van der Waals surface area contributed by atoms with Crippen LogP contribution in [0.15, 0.2) is 96.3 Å². The maximum Gasteiger partial charge on any atom is 0.294 e. The van der Waals surface area contributed by atoms with Crippen molar-refractivity contribution in [3.8, 4) is 0 Å². The van der Waals surface area contributed by atoms with Gasteiger partial charge < -0.3 is 5.11 Å². The molecule has 164 valence electrons. The zero-order chi connectivity index (χ0) is 23.5. The molecule has 0 radical (unpaired) electrons. The molecule has 33 heavy (non-hydrogen) atoms. The number of carbonyl (C=O) groups excluding carboxylic acids is 2. The van der Waals surface area contributed by atoms with Crippen LogP contribution in [-0.4, -0.2) is 21.7 Å². The summed E-state index contributed by atoms with van der Waals surface area (Å²) in [5, 5.41) is 21.8. The summed E-state index contributed by atoms with van der Waals surface area (Å²) in [4.78, 5) is 38.1. The average molecular weight is 552 g/mol. The number of non-ortho nitro benzene ring substituents is 1. The number of nitrogens with zero attached hydrogens (tertiary/aromatic N) is 2. The molecule has 0 aliphatic carbocycles. The van der Waals surface area contributed by atoms with E-state index >= 15 is 0 Å². The van der Waals surface area contributed by atoms with Crippen molar-refractivity contribution in [2.24, 2.45) is 0 Å². The average Bonchev–Trinajstić information content (AvgIpc) is 3.09. The first-order chi connectivity index (χ1) is 15.9. The molecule has 1 aliphatic heterocycles. The first-order valence-corrected chi connectivity index (χ1v) is 11.0. The van der Waals surface area contributed by atoms with Crippen molar-refractivity contribution in [2.45, 2.75) is 6.04 Å². The Morgan fingerprint density at radius 2 is 1.64 bits per heavy atom. The van der Waals surface area contributed by atoms with Crippen molar-refractivity contribution in [2.75, 3.05) is 4.90 Å². The van der Waals surface area contributed by atoms with E-state index in [0.717, 1.165) is 9.13 Å². The molecule has 0 aromatic heterocycles. The number of carbonyl (C=O) groups is 2. The Balaban J connectivity index is 1.79. The van der Waals surface area contributed by atoms with E-state index < -0.39 is 28.4 Å². The van der Waals surface area contributed by atoms with Crippen LogP contribution in [0.2, 0.25) is 0 Å². The molecule has 1 aliphatic rings. The van der Waals surface area contributed by atoms with Gasteiger partial charge in [0.1, 0.15) is 0 Å². The standard InChI is InChI=1S/C25H17IN2O5/c26-18-9-13-19(14-10-18)27-23(17-7-11-20(12-8-17)28(32)33)22(24(30)25(27)31)21(29)15-6-16-4-2-1-3-5-16/h1-15,23,30H/b15-6+/t23-/m0/s1. The van der Waals surface area contributed by atoms with Gasteiger partial charge in [-0.25, -0.2) is 0 Å². The van der Waals surface area contributed by atoms with E-state index in [0.29, 0.717) is 11.3 Å². The van der Waals surface area contributed by atoms with Crippen molar-refractivity contribution in [3.63, 3.8) is 0 Å². The summed E-state index contributed by atoms with van der Waals surface area (Å²) in [6.07, 6.45) is 2.91. The molecule has 0 saturated heterocycles. The second kappa shape index (κ2) is 9.37. The fourth-order valence-electron chi connectivity index (χ4n) is 3.64. The Morgan fingerprint density at radius 3 is 2.24 bits per heavy atom. The van der Waals surface area contributed by atoms with Crippen LogP contribution in [-0.2, 0) is 9.59 Å². The third-order valence-corrected chi connectivity index (χ3v) is 5.94. The summed E-state index contributed by atoms with van der Waals surface area (Å²) in [5.41, 5.74) is 1.54. The van der Waals surface area contributed by atoms with Gasteiger partial charge in [-0.1, -0.05) is 36.4 Å². The monoisotopic (exact) mass is 552 g/mol. The second-order valence-electron chi connectivity index (χ2n) is 7.27. The minimum Gasteiger partial charge on any atom is -0.503 e. The molecule has 4 rings (SSSR count). The Hall–Kier alpha value is -3.79. The lowest BCUT2D eigenvalue weighted by Gasteiger charge is -2.26. The molecule has 0 saturated carbocycles. The summed E-state index contributed by atoms with van der Waals surface area (Å²) in [6.45, 7) is 0. The van der Waals surface area contributed by atoms with Crippen molar-refractivity contribution >= 4 is 51.7 Å². The number of hydrogen-bond acceptors (Lipinski definition) is 5. The fourth-order valence-corrected chi connectivity index (χ4v) is 4.00. The number of hydrogen-bond donors (Lipinski definition) is 1. The van der Waals surface area contributed by atoms with E-state index in [1.165, 1.54) is 35.2 Å². The van der Waals surface area contributed by atoms with E-state index in [9.17, 15) is 24.8 Å². The van der Waals surface area contributed by atoms with Crippen LogP contribution in [0.5, 0.6) is 0 Å². The van der Waals surface area contributed by atoms with Crippen LogP contribution in [0.3, 0.4) is 0 Å². The van der Waals surface area contributed by atoms with Crippen LogP contribution in [0.4, 0.5) is 11.4 Å². The number of benzene rings is 3. The highest BCUT2D eigenvalue weighted by atomic mass is 127. The van der Waals surface area contributed by atoms with Gasteiger partial charge in [0.25, 0.3) is 11.6 Å². The molecular weight excluding hydrogens is 535 g/mol. The Labute approximate surface area is 203 Å². The minimum atomic E-state index is -0.939. The lowest BCUT2D eigenvalue weighted by Crippen LogP contribution is -2.30. The van der Waals surface area contributed by atoms with Crippen LogP contribution in [0.25, 0.3) is 6.08 Å². The summed E-state index contributed by atoms with van der Waals surface area (Å²) in [7, 11) is 0. The van der Waals surface area contributed by atoms with Crippen LogP contribution >= 0.6 is 22.6 Å². The lowest BCUT2D eigenvalue weighted by molar-refractivity contribution is -0.384. The molecule has 7 nitrogen and oxygen atoms in total. The van der Waals surface area contributed by atoms with Gasteiger partial charge in [-0.15, -0.1) is 0 Å². The molecule has 0 spiro atoms. The number of aliphatic hydroxyl groups excluding tert-OH is 1. The summed E-state index contributed by atoms with van der Waals surface area (Å²) < 4.78 is 0.953. The first kappa shape index (κ1) is 22.4. The van der Waals surface area contributed by atoms with E-state index in [1.54, 1.807) is 18.2 Å². The number of anilines is 1. The van der Waals surface area contributed by atoms with Crippen LogP contribution < -0.4 is 4.90 Å². The first-order valence-electron chi connectivity index (χ1n) is 9.91. The van der Waals surface area contributed by atoms with E-state index in [2.05, 4.69) is 22.6 Å². The van der Waals surface area contributed by atoms with E-state index in [4.69, 9.17) is 0 Å². The van der Waals surface area contributed by atoms with Gasteiger partial charge in [-0.2, -0.15) is 0 Å². The molecule has 1 heterocycles. The maximum atomic E-state index is 13.2. The Morgan fingerprint density at radius 1 is 1.00 bits per heavy atom. The molecule has 3 aromatic carbocycles. The number of aliphatic hydroxyl groups is 1. The molecule has 0 fully saturated rings. The van der Waals surface area contributed by atoms with Gasteiger partial charge in [-0.05, 0) is 76.2 Å². The number of halogens is 1. The SMILES string of the molecule is O=C(/C=C/c1ccccc1)C1=C(O)C(=O)N(c2ccc(I)cc2)[C@H]1c1ccc([N+](=O)[O-])cc1. The predicted molar refractivity (Wildman–Crippen MR) is 133 cm³/mol.